The van der Waals surface area contributed by atoms with E-state index in [0.29, 0.717) is 6.42 Å². The van der Waals surface area contributed by atoms with Crippen LogP contribution in [0.2, 0.25) is 0 Å². The Morgan fingerprint density at radius 2 is 2.30 bits per heavy atom. The number of hydrogen-bond acceptors (Lipinski definition) is 2. The smallest absolute Gasteiger partial charge is 0.125 e. The van der Waals surface area contributed by atoms with Crippen LogP contribution in [-0.2, 0) is 11.2 Å². The molecule has 0 bridgehead atoms. The molecule has 0 aliphatic rings. The average Bonchev–Trinajstić information content (AvgIpc) is 2.14. The maximum Gasteiger partial charge on any atom is 0.125 e. The lowest BCUT2D eigenvalue weighted by Gasteiger charge is -1.80. The Morgan fingerprint density at radius 1 is 1.60 bits per heavy atom. The van der Waals surface area contributed by atoms with Gasteiger partial charge < -0.3 is 4.79 Å². The van der Waals surface area contributed by atoms with Gasteiger partial charge in [0.15, 0.2) is 0 Å². The first-order valence-electron chi connectivity index (χ1n) is 3.23. The summed E-state index contributed by atoms with van der Waals surface area (Å²) in [5.41, 5.74) is 1.29. The van der Waals surface area contributed by atoms with Crippen LogP contribution in [0.25, 0.3) is 0 Å². The van der Waals surface area contributed by atoms with Crippen LogP contribution in [0.5, 0.6) is 0 Å². The van der Waals surface area contributed by atoms with Gasteiger partial charge in [-0.25, -0.2) is 0 Å². The first kappa shape index (κ1) is 7.48. The maximum absolute atomic E-state index is 10.1. The van der Waals surface area contributed by atoms with Crippen LogP contribution in [-0.4, -0.2) is 6.29 Å². The van der Waals surface area contributed by atoms with Crippen molar-refractivity contribution < 1.29 is 4.79 Å². The van der Waals surface area contributed by atoms with Crippen LogP contribution in [0.4, 0.5) is 0 Å². The first-order chi connectivity index (χ1) is 4.74. The monoisotopic (exact) mass is 154 g/mol. The number of hydrogen-bond donors (Lipinski definition) is 0. The third kappa shape index (κ3) is 1.45. The zero-order chi connectivity index (χ0) is 7.56. The van der Waals surface area contributed by atoms with Gasteiger partial charge >= 0.3 is 0 Å². The van der Waals surface area contributed by atoms with Gasteiger partial charge in [-0.1, -0.05) is 0 Å². The van der Waals surface area contributed by atoms with Crippen molar-refractivity contribution in [2.45, 2.75) is 20.3 Å². The molecule has 1 aromatic rings. The fraction of sp³-hybridized carbons (Fsp3) is 0.375. The van der Waals surface area contributed by atoms with Gasteiger partial charge in [0.1, 0.15) is 6.29 Å². The number of aryl methyl sites for hydroxylation is 2. The van der Waals surface area contributed by atoms with E-state index in [1.807, 2.05) is 0 Å². The van der Waals surface area contributed by atoms with Crippen molar-refractivity contribution in [3.63, 3.8) is 0 Å². The summed E-state index contributed by atoms with van der Waals surface area (Å²) in [5, 5.41) is 0. The Kier molecular flexibility index (Phi) is 2.22. The molecule has 0 fully saturated rings. The number of rotatable bonds is 2. The van der Waals surface area contributed by atoms with Crippen LogP contribution in [0, 0.1) is 13.8 Å². The second kappa shape index (κ2) is 2.97. The van der Waals surface area contributed by atoms with E-state index in [2.05, 4.69) is 19.9 Å². The molecule has 0 unspecified atom stereocenters. The number of aldehydes is 1. The fourth-order valence-corrected chi connectivity index (χ4v) is 1.83. The quantitative estimate of drug-likeness (QED) is 0.596. The molecular formula is C8H10OS. The van der Waals surface area contributed by atoms with Crippen LogP contribution < -0.4 is 0 Å². The van der Waals surface area contributed by atoms with Crippen molar-refractivity contribution >= 4 is 17.6 Å². The Morgan fingerprint density at radius 3 is 2.70 bits per heavy atom. The van der Waals surface area contributed by atoms with Gasteiger partial charge in [-0.2, -0.15) is 0 Å². The normalized spacial score (nSPS) is 9.80. The summed E-state index contributed by atoms with van der Waals surface area (Å²) < 4.78 is 0. The van der Waals surface area contributed by atoms with E-state index >= 15 is 0 Å². The molecule has 1 aromatic heterocycles. The summed E-state index contributed by atoms with van der Waals surface area (Å²) in [4.78, 5) is 12.6. The predicted octanol–water partition coefficient (Wildman–Crippen LogP) is 2.11. The molecule has 0 saturated heterocycles. The molecule has 0 N–H and O–H groups in total. The Bertz CT molecular complexity index is 218. The van der Waals surface area contributed by atoms with E-state index in [1.165, 1.54) is 15.3 Å². The van der Waals surface area contributed by atoms with Crippen molar-refractivity contribution in [2.75, 3.05) is 0 Å². The largest absolute Gasteiger partial charge is 0.303 e. The molecular weight excluding hydrogens is 144 g/mol. The first-order valence-corrected chi connectivity index (χ1v) is 4.05. The van der Waals surface area contributed by atoms with E-state index in [0.717, 1.165) is 6.29 Å². The van der Waals surface area contributed by atoms with Crippen LogP contribution in [0.15, 0.2) is 6.07 Å². The van der Waals surface area contributed by atoms with E-state index in [9.17, 15) is 4.79 Å². The van der Waals surface area contributed by atoms with Gasteiger partial charge in [-0.05, 0) is 25.5 Å². The molecule has 0 amide bonds. The van der Waals surface area contributed by atoms with Gasteiger partial charge in [-0.3, -0.25) is 0 Å². The molecule has 1 nitrogen and oxygen atoms in total. The zero-order valence-electron chi connectivity index (χ0n) is 6.18. The molecule has 1 heterocycles. The Labute approximate surface area is 64.7 Å². The summed E-state index contributed by atoms with van der Waals surface area (Å²) in [5.74, 6) is 0. The molecule has 2 heteroatoms. The highest BCUT2D eigenvalue weighted by atomic mass is 32.1. The van der Waals surface area contributed by atoms with E-state index < -0.39 is 0 Å². The average molecular weight is 154 g/mol. The van der Waals surface area contributed by atoms with Gasteiger partial charge in [-0.15, -0.1) is 11.3 Å². The second-order valence-corrected chi connectivity index (χ2v) is 3.66. The minimum absolute atomic E-state index is 0.569. The topological polar surface area (TPSA) is 17.1 Å². The molecule has 0 aromatic carbocycles. The van der Waals surface area contributed by atoms with Crippen molar-refractivity contribution in [1.82, 2.24) is 0 Å². The highest BCUT2D eigenvalue weighted by molar-refractivity contribution is 7.12. The summed E-state index contributed by atoms with van der Waals surface area (Å²) in [6.45, 7) is 4.15. The lowest BCUT2D eigenvalue weighted by atomic mass is 10.2. The zero-order valence-corrected chi connectivity index (χ0v) is 6.99. The lowest BCUT2D eigenvalue weighted by Crippen LogP contribution is -1.76. The van der Waals surface area contributed by atoms with Gasteiger partial charge in [0.2, 0.25) is 0 Å². The molecule has 54 valence electrons. The van der Waals surface area contributed by atoms with Gasteiger partial charge in [0.05, 0.1) is 0 Å². The summed E-state index contributed by atoms with van der Waals surface area (Å²) in [6, 6.07) is 2.08. The molecule has 0 radical (unpaired) electrons. The number of carbonyl (C=O) groups excluding carboxylic acids is 1. The lowest BCUT2D eigenvalue weighted by molar-refractivity contribution is -0.107. The van der Waals surface area contributed by atoms with E-state index in [-0.39, 0.29) is 0 Å². The fourth-order valence-electron chi connectivity index (χ4n) is 0.832. The highest BCUT2D eigenvalue weighted by Gasteiger charge is 1.98. The van der Waals surface area contributed by atoms with E-state index in [1.54, 1.807) is 11.3 Å². The van der Waals surface area contributed by atoms with Crippen molar-refractivity contribution in [3.8, 4) is 0 Å². The van der Waals surface area contributed by atoms with Crippen molar-refractivity contribution in [2.24, 2.45) is 0 Å². The minimum atomic E-state index is 0.569. The minimum Gasteiger partial charge on any atom is -0.303 e. The summed E-state index contributed by atoms with van der Waals surface area (Å²) >= 11 is 1.71. The molecule has 0 aliphatic heterocycles. The third-order valence-corrected chi connectivity index (χ3v) is 2.68. The molecule has 10 heavy (non-hydrogen) atoms. The van der Waals surface area contributed by atoms with Gasteiger partial charge in [0.25, 0.3) is 0 Å². The second-order valence-electron chi connectivity index (χ2n) is 2.32. The Balaban J connectivity index is 2.86. The standard InChI is InChI=1S/C8H10OS/c1-6-5-8(3-4-9)10-7(6)2/h4-5H,3H2,1-2H3. The Hall–Kier alpha value is -0.630. The molecule has 1 rings (SSSR count). The summed E-state index contributed by atoms with van der Waals surface area (Å²) in [6.07, 6.45) is 1.52. The molecule has 0 saturated carbocycles. The number of thiophene rings is 1. The predicted molar refractivity (Wildman–Crippen MR) is 43.6 cm³/mol. The summed E-state index contributed by atoms with van der Waals surface area (Å²) in [7, 11) is 0. The van der Waals surface area contributed by atoms with Gasteiger partial charge in [0, 0.05) is 16.2 Å². The number of carbonyl (C=O) groups is 1. The highest BCUT2D eigenvalue weighted by Crippen LogP contribution is 2.20. The SMILES string of the molecule is Cc1cc(CC=O)sc1C. The van der Waals surface area contributed by atoms with Crippen LogP contribution in [0.3, 0.4) is 0 Å². The molecule has 0 spiro atoms. The van der Waals surface area contributed by atoms with Crippen molar-refractivity contribution in [3.05, 3.63) is 21.4 Å². The van der Waals surface area contributed by atoms with Crippen LogP contribution in [0.1, 0.15) is 15.3 Å². The van der Waals surface area contributed by atoms with Crippen LogP contribution >= 0.6 is 11.3 Å². The molecule has 0 atom stereocenters. The third-order valence-electron chi connectivity index (χ3n) is 1.50. The maximum atomic E-state index is 10.1. The van der Waals surface area contributed by atoms with E-state index in [4.69, 9.17) is 0 Å². The molecule has 0 aliphatic carbocycles. The van der Waals surface area contributed by atoms with Crippen molar-refractivity contribution in [1.29, 1.82) is 0 Å².